The van der Waals surface area contributed by atoms with E-state index in [1.807, 2.05) is 19.1 Å². The minimum atomic E-state index is 0.555. The van der Waals surface area contributed by atoms with Gasteiger partial charge in [0.25, 0.3) is 0 Å². The second kappa shape index (κ2) is 12.5. The zero-order valence-corrected chi connectivity index (χ0v) is 22.6. The van der Waals surface area contributed by atoms with Crippen LogP contribution in [0.25, 0.3) is 23.4 Å². The normalized spacial score (nSPS) is 13.2. The fraction of sp³-hybridized carbons (Fsp3) is 0.323. The van der Waals surface area contributed by atoms with E-state index in [1.165, 1.54) is 12.8 Å². The first-order chi connectivity index (χ1) is 18.1. The minimum Gasteiger partial charge on any atom is -0.339 e. The SMILES string of the molecule is C/C=C\c1c(C#N)c(-c2ccc(NSCCC)cc2C)n(CC2CC2)c1/C=C/Cc1ncccc1C#N. The fourth-order valence-corrected chi connectivity index (χ4v) is 5.13. The van der Waals surface area contributed by atoms with Crippen LogP contribution in [-0.4, -0.2) is 15.3 Å². The van der Waals surface area contributed by atoms with Gasteiger partial charge in [-0.25, -0.2) is 0 Å². The first-order valence-electron chi connectivity index (χ1n) is 12.9. The molecule has 0 bridgehead atoms. The number of benzene rings is 1. The predicted octanol–water partition coefficient (Wildman–Crippen LogP) is 7.77. The van der Waals surface area contributed by atoms with Gasteiger partial charge in [-0.2, -0.15) is 10.5 Å². The molecule has 188 valence electrons. The van der Waals surface area contributed by atoms with Crippen LogP contribution in [0, 0.1) is 35.5 Å². The van der Waals surface area contributed by atoms with Crippen LogP contribution in [0.5, 0.6) is 0 Å². The molecule has 2 heterocycles. The maximum absolute atomic E-state index is 10.4. The third-order valence-electron chi connectivity index (χ3n) is 6.50. The summed E-state index contributed by atoms with van der Waals surface area (Å²) in [6.07, 6.45) is 14.0. The van der Waals surface area contributed by atoms with Crippen LogP contribution in [-0.2, 0) is 13.0 Å². The fourth-order valence-electron chi connectivity index (χ4n) is 4.53. The van der Waals surface area contributed by atoms with Crippen LogP contribution in [0.3, 0.4) is 0 Å². The number of allylic oxidation sites excluding steroid dienone is 2. The molecule has 1 N–H and O–H groups in total. The lowest BCUT2D eigenvalue weighted by Crippen LogP contribution is -2.06. The van der Waals surface area contributed by atoms with Crippen molar-refractivity contribution in [1.29, 1.82) is 10.5 Å². The monoisotopic (exact) mass is 507 g/mol. The van der Waals surface area contributed by atoms with Crippen LogP contribution in [0.4, 0.5) is 5.69 Å². The first-order valence-corrected chi connectivity index (χ1v) is 13.9. The number of pyridine rings is 1. The van der Waals surface area contributed by atoms with Crippen molar-refractivity contribution >= 4 is 29.8 Å². The Morgan fingerprint density at radius 1 is 1.19 bits per heavy atom. The van der Waals surface area contributed by atoms with Gasteiger partial charge in [0.05, 0.1) is 22.5 Å². The molecule has 0 radical (unpaired) electrons. The van der Waals surface area contributed by atoms with Gasteiger partial charge in [-0.1, -0.05) is 43.2 Å². The van der Waals surface area contributed by atoms with E-state index in [-0.39, 0.29) is 0 Å². The zero-order chi connectivity index (χ0) is 26.2. The lowest BCUT2D eigenvalue weighted by Gasteiger charge is -2.15. The van der Waals surface area contributed by atoms with Crippen LogP contribution in [0.1, 0.15) is 66.8 Å². The van der Waals surface area contributed by atoms with Crippen molar-refractivity contribution in [3.05, 3.63) is 82.3 Å². The van der Waals surface area contributed by atoms with E-state index in [0.29, 0.717) is 23.5 Å². The van der Waals surface area contributed by atoms with Crippen molar-refractivity contribution in [2.24, 2.45) is 5.92 Å². The number of hydrogen-bond acceptors (Lipinski definition) is 5. The summed E-state index contributed by atoms with van der Waals surface area (Å²) in [4.78, 5) is 4.40. The summed E-state index contributed by atoms with van der Waals surface area (Å²) in [5.74, 6) is 1.69. The van der Waals surface area contributed by atoms with Crippen LogP contribution >= 0.6 is 11.9 Å². The maximum Gasteiger partial charge on any atom is 0.102 e. The van der Waals surface area contributed by atoms with E-state index in [2.05, 4.69) is 70.6 Å². The van der Waals surface area contributed by atoms with Gasteiger partial charge < -0.3 is 9.29 Å². The van der Waals surface area contributed by atoms with Crippen molar-refractivity contribution in [2.45, 2.75) is 53.0 Å². The highest BCUT2D eigenvalue weighted by Crippen LogP contribution is 2.40. The summed E-state index contributed by atoms with van der Waals surface area (Å²) in [6.45, 7) is 7.17. The van der Waals surface area contributed by atoms with Crippen molar-refractivity contribution < 1.29 is 0 Å². The van der Waals surface area contributed by atoms with Crippen LogP contribution in [0.15, 0.2) is 48.7 Å². The number of nitrogens with one attached hydrogen (secondary N) is 1. The van der Waals surface area contributed by atoms with E-state index in [1.54, 1.807) is 30.3 Å². The summed E-state index contributed by atoms with van der Waals surface area (Å²) in [7, 11) is 0. The Bertz CT molecular complexity index is 1400. The molecule has 6 heteroatoms. The van der Waals surface area contributed by atoms with Gasteiger partial charge in [0.2, 0.25) is 0 Å². The molecule has 37 heavy (non-hydrogen) atoms. The Morgan fingerprint density at radius 2 is 2.03 bits per heavy atom. The third-order valence-corrected chi connectivity index (χ3v) is 7.49. The standard InChI is InChI=1S/C31H33N5S/c1-4-8-27-28(20-33)31(26-15-14-25(18-22(26)3)35-37-17-5-2)36(21-23-12-13-23)30(27)11-6-10-29-24(19-32)9-7-16-34-29/h4,6-9,11,14-16,18,23,35H,5,10,12-13,17,21H2,1-3H3/b8-4-,11-6+. The third kappa shape index (κ3) is 6.16. The molecule has 1 saturated carbocycles. The summed E-state index contributed by atoms with van der Waals surface area (Å²) >= 11 is 1.72. The van der Waals surface area contributed by atoms with Crippen molar-refractivity contribution in [3.8, 4) is 23.4 Å². The van der Waals surface area contributed by atoms with Crippen molar-refractivity contribution in [2.75, 3.05) is 10.5 Å². The Hall–Kier alpha value is -3.74. The molecule has 1 aliphatic carbocycles. The van der Waals surface area contributed by atoms with E-state index >= 15 is 0 Å². The topological polar surface area (TPSA) is 77.4 Å². The number of aromatic nitrogens is 2. The molecule has 1 aliphatic rings. The van der Waals surface area contributed by atoms with Crippen LogP contribution < -0.4 is 4.72 Å². The second-order valence-corrected chi connectivity index (χ2v) is 10.3. The largest absolute Gasteiger partial charge is 0.339 e. The van der Waals surface area contributed by atoms with Gasteiger partial charge >= 0.3 is 0 Å². The number of rotatable bonds is 11. The molecule has 0 spiro atoms. The van der Waals surface area contributed by atoms with Gasteiger partial charge in [0, 0.05) is 47.4 Å². The Morgan fingerprint density at radius 3 is 2.70 bits per heavy atom. The van der Waals surface area contributed by atoms with Crippen molar-refractivity contribution in [3.63, 3.8) is 0 Å². The number of nitriles is 2. The highest BCUT2D eigenvalue weighted by Gasteiger charge is 2.28. The second-order valence-electron chi connectivity index (χ2n) is 9.38. The number of aryl methyl sites for hydroxylation is 1. The molecule has 0 aliphatic heterocycles. The number of nitrogens with zero attached hydrogens (tertiary/aromatic N) is 4. The van der Waals surface area contributed by atoms with E-state index < -0.39 is 0 Å². The molecule has 2 aromatic heterocycles. The van der Waals surface area contributed by atoms with Gasteiger partial charge in [-0.05, 0) is 74.9 Å². The average Bonchev–Trinajstić information content (AvgIpc) is 3.68. The summed E-state index contributed by atoms with van der Waals surface area (Å²) in [5, 5.41) is 19.8. The summed E-state index contributed by atoms with van der Waals surface area (Å²) in [6, 6.07) is 14.8. The molecular weight excluding hydrogens is 474 g/mol. The molecule has 4 rings (SSSR count). The van der Waals surface area contributed by atoms with Crippen LogP contribution in [0.2, 0.25) is 0 Å². The molecule has 0 saturated heterocycles. The molecule has 0 amide bonds. The number of anilines is 1. The molecule has 1 fully saturated rings. The highest BCUT2D eigenvalue weighted by atomic mass is 32.2. The quantitative estimate of drug-likeness (QED) is 0.212. The lowest BCUT2D eigenvalue weighted by molar-refractivity contribution is 0.631. The number of hydrogen-bond donors (Lipinski definition) is 1. The molecule has 1 aromatic carbocycles. The smallest absolute Gasteiger partial charge is 0.102 e. The molecule has 3 aromatic rings. The zero-order valence-electron chi connectivity index (χ0n) is 21.8. The lowest BCUT2D eigenvalue weighted by atomic mass is 10.00. The molecule has 0 unspecified atom stereocenters. The van der Waals surface area contributed by atoms with Gasteiger partial charge in [-0.15, -0.1) is 0 Å². The molecule has 5 nitrogen and oxygen atoms in total. The summed E-state index contributed by atoms with van der Waals surface area (Å²) in [5.41, 5.74) is 8.33. The minimum absolute atomic E-state index is 0.555. The van der Waals surface area contributed by atoms with E-state index in [9.17, 15) is 10.5 Å². The summed E-state index contributed by atoms with van der Waals surface area (Å²) < 4.78 is 5.77. The Labute approximate surface area is 224 Å². The van der Waals surface area contributed by atoms with E-state index in [4.69, 9.17) is 0 Å². The maximum atomic E-state index is 10.4. The Balaban J connectivity index is 1.80. The van der Waals surface area contributed by atoms with E-state index in [0.717, 1.165) is 58.2 Å². The van der Waals surface area contributed by atoms with Gasteiger partial charge in [0.1, 0.15) is 12.1 Å². The molecule has 0 atom stereocenters. The van der Waals surface area contributed by atoms with Gasteiger partial charge in [0.15, 0.2) is 0 Å². The predicted molar refractivity (Wildman–Crippen MR) is 155 cm³/mol. The molecular formula is C31H33N5S. The first kappa shape index (κ1) is 26.3. The average molecular weight is 508 g/mol. The Kier molecular flexibility index (Phi) is 8.88. The highest BCUT2D eigenvalue weighted by molar-refractivity contribution is 8.00. The van der Waals surface area contributed by atoms with Crippen molar-refractivity contribution in [1.82, 2.24) is 9.55 Å². The van der Waals surface area contributed by atoms with Gasteiger partial charge in [-0.3, -0.25) is 4.98 Å².